The second-order valence-corrected chi connectivity index (χ2v) is 9.68. The van der Waals surface area contributed by atoms with Crippen molar-refractivity contribution in [1.82, 2.24) is 9.38 Å². The van der Waals surface area contributed by atoms with Gasteiger partial charge in [-0.15, -0.1) is 0 Å². The van der Waals surface area contributed by atoms with Crippen LogP contribution in [-0.4, -0.2) is 27.6 Å². The molecule has 0 N–H and O–H groups in total. The minimum Gasteiger partial charge on any atom is -0.443 e. The summed E-state index contributed by atoms with van der Waals surface area (Å²) < 4.78 is 21.2. The van der Waals surface area contributed by atoms with E-state index in [1.807, 2.05) is 33.9 Å². The van der Waals surface area contributed by atoms with Crippen molar-refractivity contribution < 1.29 is 13.9 Å². The summed E-state index contributed by atoms with van der Waals surface area (Å²) in [5.74, 6) is 0.622. The van der Waals surface area contributed by atoms with Crippen LogP contribution in [0, 0.1) is 12.7 Å². The molecule has 0 bridgehead atoms. The predicted octanol–water partition coefficient (Wildman–Crippen LogP) is 5.41. The number of nitrogens with zero attached hydrogens (tertiary/aromatic N) is 3. The Bertz CT molecular complexity index is 1120. The van der Waals surface area contributed by atoms with Crippen LogP contribution in [0.5, 0.6) is 0 Å². The largest absolute Gasteiger partial charge is 0.443 e. The lowest BCUT2D eigenvalue weighted by Crippen LogP contribution is -2.38. The highest BCUT2D eigenvalue weighted by molar-refractivity contribution is 5.92. The van der Waals surface area contributed by atoms with E-state index in [1.165, 1.54) is 12.1 Å². The van der Waals surface area contributed by atoms with Crippen molar-refractivity contribution in [3.8, 4) is 0 Å². The molecule has 0 radical (unpaired) electrons. The van der Waals surface area contributed by atoms with Gasteiger partial charge in [0.1, 0.15) is 17.2 Å². The average Bonchev–Trinajstić information content (AvgIpc) is 3.13. The van der Waals surface area contributed by atoms with E-state index in [0.717, 1.165) is 33.8 Å². The van der Waals surface area contributed by atoms with Gasteiger partial charge in [-0.2, -0.15) is 0 Å². The monoisotopic (exact) mass is 409 g/mol. The molecular weight excluding hydrogens is 381 g/mol. The maximum absolute atomic E-state index is 13.4. The van der Waals surface area contributed by atoms with Gasteiger partial charge in [0, 0.05) is 12.0 Å². The number of carbonyl (C=O) groups is 1. The minimum absolute atomic E-state index is 0.254. The van der Waals surface area contributed by atoms with Crippen LogP contribution in [0.3, 0.4) is 0 Å². The summed E-state index contributed by atoms with van der Waals surface area (Å²) in [6.07, 6.45) is 2.14. The zero-order chi connectivity index (χ0) is 21.8. The summed E-state index contributed by atoms with van der Waals surface area (Å²) in [6, 6.07) is 8.58. The highest BCUT2D eigenvalue weighted by Crippen LogP contribution is 2.43. The molecule has 1 amide bonds. The van der Waals surface area contributed by atoms with E-state index in [4.69, 9.17) is 4.74 Å². The van der Waals surface area contributed by atoms with Crippen molar-refractivity contribution in [3.05, 3.63) is 65.0 Å². The molecule has 1 aliphatic rings. The van der Waals surface area contributed by atoms with E-state index < -0.39 is 5.60 Å². The molecule has 158 valence electrons. The Morgan fingerprint density at radius 2 is 1.90 bits per heavy atom. The summed E-state index contributed by atoms with van der Waals surface area (Å²) in [5, 5.41) is 0. The van der Waals surface area contributed by atoms with E-state index in [0.29, 0.717) is 13.0 Å². The summed E-state index contributed by atoms with van der Waals surface area (Å²) in [5.41, 5.74) is 4.11. The van der Waals surface area contributed by atoms with Gasteiger partial charge < -0.3 is 4.74 Å². The van der Waals surface area contributed by atoms with Gasteiger partial charge in [-0.25, -0.2) is 14.2 Å². The number of aromatic nitrogens is 2. The van der Waals surface area contributed by atoms with Crippen LogP contribution in [0.2, 0.25) is 0 Å². The molecule has 0 fully saturated rings. The van der Waals surface area contributed by atoms with Gasteiger partial charge in [0.05, 0.1) is 23.1 Å². The van der Waals surface area contributed by atoms with Gasteiger partial charge in [-0.05, 0) is 63.4 Å². The summed E-state index contributed by atoms with van der Waals surface area (Å²) >= 11 is 0. The number of amides is 1. The highest BCUT2D eigenvalue weighted by Gasteiger charge is 2.42. The lowest BCUT2D eigenvalue weighted by molar-refractivity contribution is 0.0579. The first-order valence-electron chi connectivity index (χ1n) is 10.2. The Morgan fingerprint density at radius 3 is 2.53 bits per heavy atom. The van der Waals surface area contributed by atoms with E-state index in [-0.39, 0.29) is 17.3 Å². The van der Waals surface area contributed by atoms with Gasteiger partial charge >= 0.3 is 6.09 Å². The zero-order valence-electron chi connectivity index (χ0n) is 18.4. The molecule has 5 nitrogen and oxygen atoms in total. The Kier molecular flexibility index (Phi) is 4.64. The number of imidazole rings is 1. The van der Waals surface area contributed by atoms with Gasteiger partial charge in [-0.3, -0.25) is 9.30 Å². The molecule has 0 aliphatic carbocycles. The third kappa shape index (κ3) is 3.55. The van der Waals surface area contributed by atoms with Crippen LogP contribution in [0.25, 0.3) is 5.52 Å². The first-order valence-corrected chi connectivity index (χ1v) is 10.2. The molecule has 3 heterocycles. The van der Waals surface area contributed by atoms with Crippen LogP contribution in [0.1, 0.15) is 57.3 Å². The molecule has 30 heavy (non-hydrogen) atoms. The standard InChI is InChI=1S/C24H28FN3O2/c1-15-26-13-20-17(11-16-7-9-18(25)10-8-16)12-19-21(28(15)20)24(5,6)14-27(19)22(29)30-23(2,3)4/h7-10,12-13H,11,14H2,1-6H3. The number of halogens is 1. The maximum Gasteiger partial charge on any atom is 0.414 e. The van der Waals surface area contributed by atoms with Crippen molar-refractivity contribution in [2.45, 2.75) is 59.0 Å². The number of aryl methyl sites for hydroxylation is 1. The molecule has 1 aromatic carbocycles. The molecule has 0 spiro atoms. The van der Waals surface area contributed by atoms with Crippen LogP contribution in [0.15, 0.2) is 36.5 Å². The molecule has 0 atom stereocenters. The number of carbonyl (C=O) groups excluding carboxylic acids is 1. The van der Waals surface area contributed by atoms with Gasteiger partial charge in [-0.1, -0.05) is 26.0 Å². The third-order valence-corrected chi connectivity index (χ3v) is 5.45. The Morgan fingerprint density at radius 1 is 1.23 bits per heavy atom. The van der Waals surface area contributed by atoms with E-state index in [1.54, 1.807) is 17.0 Å². The molecule has 4 rings (SSSR count). The number of benzene rings is 1. The number of pyridine rings is 1. The number of hydrogen-bond donors (Lipinski definition) is 0. The Balaban J connectivity index is 1.87. The molecule has 0 saturated heterocycles. The molecular formula is C24H28FN3O2. The fourth-order valence-corrected chi connectivity index (χ4v) is 4.23. The third-order valence-electron chi connectivity index (χ3n) is 5.45. The summed E-state index contributed by atoms with van der Waals surface area (Å²) in [7, 11) is 0. The van der Waals surface area contributed by atoms with E-state index >= 15 is 0 Å². The van der Waals surface area contributed by atoms with Crippen LogP contribution >= 0.6 is 0 Å². The van der Waals surface area contributed by atoms with Crippen molar-refractivity contribution in [3.63, 3.8) is 0 Å². The number of anilines is 1. The van der Waals surface area contributed by atoms with Crippen LogP contribution in [0.4, 0.5) is 14.9 Å². The average molecular weight is 410 g/mol. The van der Waals surface area contributed by atoms with Crippen molar-refractivity contribution in [2.24, 2.45) is 0 Å². The number of hydrogen-bond acceptors (Lipinski definition) is 3. The fraction of sp³-hybridized carbons (Fsp3) is 0.417. The van der Waals surface area contributed by atoms with E-state index in [2.05, 4.69) is 29.3 Å². The fourth-order valence-electron chi connectivity index (χ4n) is 4.23. The van der Waals surface area contributed by atoms with Crippen LogP contribution in [-0.2, 0) is 16.6 Å². The van der Waals surface area contributed by atoms with Crippen molar-refractivity contribution in [1.29, 1.82) is 0 Å². The van der Waals surface area contributed by atoms with Crippen LogP contribution < -0.4 is 4.90 Å². The van der Waals surface area contributed by atoms with E-state index in [9.17, 15) is 9.18 Å². The molecule has 6 heteroatoms. The van der Waals surface area contributed by atoms with Crippen molar-refractivity contribution >= 4 is 17.3 Å². The maximum atomic E-state index is 13.4. The molecule has 2 aromatic heterocycles. The first kappa shape index (κ1) is 20.4. The smallest absolute Gasteiger partial charge is 0.414 e. The van der Waals surface area contributed by atoms with Gasteiger partial charge in [0.15, 0.2) is 0 Å². The lowest BCUT2D eigenvalue weighted by atomic mass is 9.90. The number of fused-ring (bicyclic) bond motifs is 3. The normalized spacial score (nSPS) is 15.5. The Hall–Kier alpha value is -2.89. The quantitative estimate of drug-likeness (QED) is 0.569. The number of rotatable bonds is 2. The second kappa shape index (κ2) is 6.83. The highest BCUT2D eigenvalue weighted by atomic mass is 19.1. The molecule has 0 saturated carbocycles. The van der Waals surface area contributed by atoms with Gasteiger partial charge in [0.2, 0.25) is 0 Å². The lowest BCUT2D eigenvalue weighted by Gasteiger charge is -2.25. The zero-order valence-corrected chi connectivity index (χ0v) is 18.4. The summed E-state index contributed by atoms with van der Waals surface area (Å²) in [6.45, 7) is 12.4. The topological polar surface area (TPSA) is 46.8 Å². The van der Waals surface area contributed by atoms with Gasteiger partial charge in [0.25, 0.3) is 0 Å². The number of ether oxygens (including phenoxy) is 1. The SMILES string of the molecule is Cc1ncc2c(Cc3ccc(F)cc3)cc3c(n12)C(C)(C)CN3C(=O)OC(C)(C)C. The minimum atomic E-state index is -0.573. The molecule has 3 aromatic rings. The predicted molar refractivity (Wildman–Crippen MR) is 116 cm³/mol. The molecule has 0 unspecified atom stereocenters. The first-order chi connectivity index (χ1) is 14.0. The molecule has 1 aliphatic heterocycles. The Labute approximate surface area is 176 Å². The van der Waals surface area contributed by atoms with Crippen molar-refractivity contribution in [2.75, 3.05) is 11.4 Å². The second-order valence-electron chi connectivity index (χ2n) is 9.68. The summed E-state index contributed by atoms with van der Waals surface area (Å²) in [4.78, 5) is 19.3.